The fourth-order valence-electron chi connectivity index (χ4n) is 0.772. The monoisotopic (exact) mass is 130 g/mol. The molecule has 0 saturated carbocycles. The molecule has 1 saturated heterocycles. The lowest BCUT2D eigenvalue weighted by Crippen LogP contribution is -2.48. The number of thiocarbonyl (C=S) groups is 1. The highest BCUT2D eigenvalue weighted by atomic mass is 32.1. The second kappa shape index (κ2) is 3.12. The van der Waals surface area contributed by atoms with E-state index in [1.807, 2.05) is 0 Å². The van der Waals surface area contributed by atoms with E-state index in [1.54, 1.807) is 5.37 Å². The van der Waals surface area contributed by atoms with E-state index in [4.69, 9.17) is 12.2 Å². The number of rotatable bonds is 1. The fourth-order valence-corrected chi connectivity index (χ4v) is 0.964. The van der Waals surface area contributed by atoms with Crippen LogP contribution in [0.5, 0.6) is 0 Å². The van der Waals surface area contributed by atoms with Gasteiger partial charge in [0.2, 0.25) is 0 Å². The molecular weight excluding hydrogens is 120 g/mol. The van der Waals surface area contributed by atoms with Gasteiger partial charge < -0.3 is 0 Å². The van der Waals surface area contributed by atoms with Gasteiger partial charge in [0.25, 0.3) is 0 Å². The molecular formula is C5H10N2S. The van der Waals surface area contributed by atoms with Crippen LogP contribution in [0.3, 0.4) is 0 Å². The van der Waals surface area contributed by atoms with Gasteiger partial charge in [-0.05, 0) is 19.5 Å². The Kier molecular flexibility index (Phi) is 2.39. The molecule has 1 aliphatic heterocycles. The van der Waals surface area contributed by atoms with Crippen molar-refractivity contribution >= 4 is 17.6 Å². The fraction of sp³-hybridized carbons (Fsp3) is 0.800. The summed E-state index contributed by atoms with van der Waals surface area (Å²) in [5.41, 5.74) is 0. The Labute approximate surface area is 54.7 Å². The molecule has 0 bridgehead atoms. The minimum absolute atomic E-state index is 0.277. The molecule has 0 aromatic rings. The molecule has 46 valence electrons. The minimum atomic E-state index is 0.277. The van der Waals surface area contributed by atoms with Crippen molar-refractivity contribution in [3.8, 4) is 0 Å². The van der Waals surface area contributed by atoms with Crippen molar-refractivity contribution in [3.05, 3.63) is 0 Å². The molecule has 0 atom stereocenters. The molecule has 1 aliphatic rings. The summed E-state index contributed by atoms with van der Waals surface area (Å²) in [6.45, 7) is 2.18. The maximum atomic E-state index is 4.72. The highest BCUT2D eigenvalue weighted by molar-refractivity contribution is 7.79. The van der Waals surface area contributed by atoms with E-state index in [9.17, 15) is 0 Å². The number of nitrogens with one attached hydrogen (secondary N) is 2. The van der Waals surface area contributed by atoms with Gasteiger partial charge >= 0.3 is 0 Å². The van der Waals surface area contributed by atoms with Crippen LogP contribution in [0.25, 0.3) is 0 Å². The molecule has 0 aromatic heterocycles. The third kappa shape index (κ3) is 1.51. The van der Waals surface area contributed by atoms with Crippen LogP contribution in [0.2, 0.25) is 0 Å². The van der Waals surface area contributed by atoms with Gasteiger partial charge in [0.05, 0.1) is 6.17 Å². The van der Waals surface area contributed by atoms with E-state index in [-0.39, 0.29) is 6.17 Å². The van der Waals surface area contributed by atoms with Gasteiger partial charge in [-0.25, -0.2) is 0 Å². The van der Waals surface area contributed by atoms with Crippen LogP contribution in [0, 0.1) is 0 Å². The van der Waals surface area contributed by atoms with Crippen molar-refractivity contribution in [2.45, 2.75) is 12.6 Å². The van der Waals surface area contributed by atoms with Crippen LogP contribution in [0.15, 0.2) is 0 Å². The molecule has 1 heterocycles. The normalized spacial score (nSPS) is 23.0. The zero-order chi connectivity index (χ0) is 5.82. The Morgan fingerprint density at radius 1 is 1.38 bits per heavy atom. The number of hydrogen-bond acceptors (Lipinski definition) is 3. The summed E-state index contributed by atoms with van der Waals surface area (Å²) in [6, 6.07) is 0. The number of hydrogen-bond donors (Lipinski definition) is 2. The lowest BCUT2D eigenvalue weighted by atomic mass is 10.3. The Hall–Kier alpha value is 0.0100. The van der Waals surface area contributed by atoms with E-state index < -0.39 is 0 Å². The van der Waals surface area contributed by atoms with Crippen LogP contribution in [0.1, 0.15) is 6.42 Å². The molecule has 1 fully saturated rings. The van der Waals surface area contributed by atoms with Crippen molar-refractivity contribution in [1.82, 2.24) is 10.6 Å². The van der Waals surface area contributed by atoms with E-state index in [1.165, 1.54) is 6.42 Å². The Balaban J connectivity index is 2.22. The zero-order valence-electron chi connectivity index (χ0n) is 4.68. The van der Waals surface area contributed by atoms with Gasteiger partial charge in [0.15, 0.2) is 0 Å². The molecule has 0 aliphatic carbocycles. The van der Waals surface area contributed by atoms with Gasteiger partial charge in [-0.15, -0.1) is 0 Å². The average Bonchev–Trinajstić information content (AvgIpc) is 1.90. The van der Waals surface area contributed by atoms with Gasteiger partial charge in [0, 0.05) is 5.37 Å². The van der Waals surface area contributed by atoms with Crippen LogP contribution in [-0.2, 0) is 0 Å². The van der Waals surface area contributed by atoms with Crippen molar-refractivity contribution < 1.29 is 0 Å². The molecule has 0 radical (unpaired) electrons. The van der Waals surface area contributed by atoms with Crippen molar-refractivity contribution in [1.29, 1.82) is 0 Å². The molecule has 0 spiro atoms. The summed E-state index contributed by atoms with van der Waals surface area (Å²) in [5.74, 6) is 0. The van der Waals surface area contributed by atoms with Crippen LogP contribution < -0.4 is 10.6 Å². The summed E-state index contributed by atoms with van der Waals surface area (Å²) in [4.78, 5) is 0. The van der Waals surface area contributed by atoms with Crippen molar-refractivity contribution in [2.75, 3.05) is 13.1 Å². The molecule has 2 N–H and O–H groups in total. The molecule has 2 nitrogen and oxygen atoms in total. The van der Waals surface area contributed by atoms with Crippen molar-refractivity contribution in [2.24, 2.45) is 0 Å². The van der Waals surface area contributed by atoms with Crippen LogP contribution >= 0.6 is 12.2 Å². The first kappa shape index (κ1) is 6.13. The summed E-state index contributed by atoms with van der Waals surface area (Å²) in [6.07, 6.45) is 1.48. The summed E-state index contributed by atoms with van der Waals surface area (Å²) in [7, 11) is 0. The average molecular weight is 130 g/mol. The van der Waals surface area contributed by atoms with E-state index >= 15 is 0 Å². The van der Waals surface area contributed by atoms with E-state index in [2.05, 4.69) is 10.6 Å². The Bertz CT molecular complexity index is 78.5. The lowest BCUT2D eigenvalue weighted by molar-refractivity contribution is 0.451. The molecule has 1 rings (SSSR count). The predicted molar refractivity (Wildman–Crippen MR) is 38.1 cm³/mol. The first-order valence-corrected chi connectivity index (χ1v) is 3.32. The first-order valence-electron chi connectivity index (χ1n) is 2.85. The van der Waals surface area contributed by atoms with Gasteiger partial charge in [-0.3, -0.25) is 10.6 Å². The third-order valence-corrected chi connectivity index (χ3v) is 1.49. The highest BCUT2D eigenvalue weighted by Crippen LogP contribution is 1.84. The molecule has 8 heavy (non-hydrogen) atoms. The Morgan fingerprint density at radius 3 is 2.38 bits per heavy atom. The second-order valence-corrected chi connectivity index (χ2v) is 2.15. The van der Waals surface area contributed by atoms with E-state index in [0.717, 1.165) is 13.1 Å². The summed E-state index contributed by atoms with van der Waals surface area (Å²) in [5, 5.41) is 8.12. The summed E-state index contributed by atoms with van der Waals surface area (Å²) < 4.78 is 0. The Morgan fingerprint density at radius 2 is 2.00 bits per heavy atom. The topological polar surface area (TPSA) is 24.1 Å². The quantitative estimate of drug-likeness (QED) is 0.484. The van der Waals surface area contributed by atoms with Gasteiger partial charge in [-0.1, -0.05) is 12.2 Å². The zero-order valence-corrected chi connectivity index (χ0v) is 5.50. The minimum Gasteiger partial charge on any atom is -0.298 e. The van der Waals surface area contributed by atoms with Crippen molar-refractivity contribution in [3.63, 3.8) is 0 Å². The third-order valence-electron chi connectivity index (χ3n) is 1.22. The lowest BCUT2D eigenvalue weighted by Gasteiger charge is -2.20. The highest BCUT2D eigenvalue weighted by Gasteiger charge is 2.05. The first-order chi connectivity index (χ1) is 3.93. The molecule has 0 aromatic carbocycles. The second-order valence-electron chi connectivity index (χ2n) is 1.88. The maximum absolute atomic E-state index is 4.72. The van der Waals surface area contributed by atoms with Gasteiger partial charge in [0.1, 0.15) is 0 Å². The van der Waals surface area contributed by atoms with Crippen LogP contribution in [-0.4, -0.2) is 24.6 Å². The molecule has 0 amide bonds. The standard InChI is InChI=1S/C5H10N2S/c8-4-5-6-2-1-3-7-5/h4-7H,1-3H2. The van der Waals surface area contributed by atoms with Crippen LogP contribution in [0.4, 0.5) is 0 Å². The largest absolute Gasteiger partial charge is 0.298 e. The molecule has 3 heteroatoms. The maximum Gasteiger partial charge on any atom is 0.0868 e. The smallest absolute Gasteiger partial charge is 0.0868 e. The van der Waals surface area contributed by atoms with E-state index in [0.29, 0.717) is 0 Å². The predicted octanol–water partition coefficient (Wildman–Crippen LogP) is -0.105. The SMILES string of the molecule is S=CC1NCCCN1. The summed E-state index contributed by atoms with van der Waals surface area (Å²) >= 11 is 4.72. The van der Waals surface area contributed by atoms with Gasteiger partial charge in [-0.2, -0.15) is 0 Å². The molecule has 0 unspecified atom stereocenters.